The van der Waals surface area contributed by atoms with Crippen LogP contribution < -0.4 is 4.74 Å². The van der Waals surface area contributed by atoms with Gasteiger partial charge in [-0.1, -0.05) is 48.0 Å². The summed E-state index contributed by atoms with van der Waals surface area (Å²) < 4.78 is 13.6. The molecule has 1 saturated carbocycles. The van der Waals surface area contributed by atoms with Gasteiger partial charge in [0.15, 0.2) is 0 Å². The van der Waals surface area contributed by atoms with E-state index >= 15 is 0 Å². The molecule has 0 bridgehead atoms. The number of carbonyl (C=O) groups is 1. The van der Waals surface area contributed by atoms with Crippen molar-refractivity contribution < 1.29 is 14.3 Å². The Morgan fingerprint density at radius 2 is 1.78 bits per heavy atom. The Kier molecular flexibility index (Phi) is 7.28. The Labute approximate surface area is 215 Å². The van der Waals surface area contributed by atoms with E-state index < -0.39 is 5.97 Å². The Balaban J connectivity index is 1.31. The maximum absolute atomic E-state index is 12.9. The van der Waals surface area contributed by atoms with Gasteiger partial charge < -0.3 is 9.47 Å². The number of pyridine rings is 1. The summed E-state index contributed by atoms with van der Waals surface area (Å²) in [6.07, 6.45) is 5.54. The molecule has 1 fully saturated rings. The van der Waals surface area contributed by atoms with Gasteiger partial charge in [-0.05, 0) is 62.4 Å². The molecule has 184 valence electrons. The van der Waals surface area contributed by atoms with Crippen LogP contribution in [-0.2, 0) is 11.3 Å². The number of hydrogen-bond acceptors (Lipinski definition) is 6. The topological polar surface area (TPSA) is 79.1 Å². The zero-order valence-electron chi connectivity index (χ0n) is 20.0. The fourth-order valence-corrected chi connectivity index (χ4v) is 4.79. The predicted molar refractivity (Wildman–Crippen MR) is 137 cm³/mol. The molecule has 36 heavy (non-hydrogen) atoms. The molecule has 0 unspecified atom stereocenters. The highest BCUT2D eigenvalue weighted by molar-refractivity contribution is 6.33. The van der Waals surface area contributed by atoms with E-state index in [0.29, 0.717) is 16.5 Å². The van der Waals surface area contributed by atoms with E-state index in [0.717, 1.165) is 48.6 Å². The van der Waals surface area contributed by atoms with Crippen LogP contribution in [0.3, 0.4) is 0 Å². The van der Waals surface area contributed by atoms with Crippen LogP contribution in [0.2, 0.25) is 5.02 Å². The fourth-order valence-electron chi connectivity index (χ4n) is 4.60. The van der Waals surface area contributed by atoms with Crippen molar-refractivity contribution in [2.45, 2.75) is 51.2 Å². The van der Waals surface area contributed by atoms with Gasteiger partial charge in [0.2, 0.25) is 5.88 Å². The third-order valence-corrected chi connectivity index (χ3v) is 6.78. The van der Waals surface area contributed by atoms with Crippen molar-refractivity contribution in [2.24, 2.45) is 0 Å². The first-order valence-electron chi connectivity index (χ1n) is 12.1. The molecule has 7 nitrogen and oxygen atoms in total. The number of aromatic nitrogens is 4. The predicted octanol–water partition coefficient (Wildman–Crippen LogP) is 6.09. The molecule has 2 aromatic carbocycles. The van der Waals surface area contributed by atoms with Crippen molar-refractivity contribution in [1.29, 1.82) is 0 Å². The molecule has 0 aliphatic heterocycles. The van der Waals surface area contributed by atoms with Crippen LogP contribution in [0.1, 0.15) is 59.2 Å². The molecule has 8 heteroatoms. The number of rotatable bonds is 7. The minimum Gasteiger partial charge on any atom is -0.474 e. The summed E-state index contributed by atoms with van der Waals surface area (Å²) in [5, 5.41) is 9.20. The summed E-state index contributed by atoms with van der Waals surface area (Å²) in [7, 11) is 0. The Morgan fingerprint density at radius 3 is 2.53 bits per heavy atom. The zero-order chi connectivity index (χ0) is 24.9. The summed E-state index contributed by atoms with van der Waals surface area (Å²) in [4.78, 5) is 17.1. The van der Waals surface area contributed by atoms with E-state index in [-0.39, 0.29) is 18.6 Å². The first-order valence-corrected chi connectivity index (χ1v) is 12.5. The van der Waals surface area contributed by atoms with Crippen LogP contribution in [0.15, 0.2) is 72.9 Å². The highest BCUT2D eigenvalue weighted by atomic mass is 35.5. The molecule has 1 aliphatic rings. The van der Waals surface area contributed by atoms with Crippen LogP contribution in [0.25, 0.3) is 5.69 Å². The lowest BCUT2D eigenvalue weighted by Gasteiger charge is -2.28. The van der Waals surface area contributed by atoms with Gasteiger partial charge in [-0.3, -0.25) is 4.57 Å². The number of halogens is 1. The Morgan fingerprint density at radius 1 is 1.00 bits per heavy atom. The number of benzene rings is 2. The van der Waals surface area contributed by atoms with Crippen LogP contribution in [0, 0.1) is 6.92 Å². The van der Waals surface area contributed by atoms with Crippen LogP contribution >= 0.6 is 11.6 Å². The lowest BCUT2D eigenvalue weighted by atomic mass is 9.86. The SMILES string of the molecule is Cc1nnc(C2CCC(Oc3ccccn3)CC2)n1-c1ccc(Cl)c(C(=O)OCc2ccccc2)c1. The van der Waals surface area contributed by atoms with E-state index in [1.807, 2.05) is 66.1 Å². The molecule has 0 saturated heterocycles. The second kappa shape index (κ2) is 10.9. The summed E-state index contributed by atoms with van der Waals surface area (Å²) in [6, 6.07) is 20.6. The Bertz CT molecular complexity index is 1320. The molecule has 1 aliphatic carbocycles. The van der Waals surface area contributed by atoms with Crippen LogP contribution in [0.5, 0.6) is 5.88 Å². The molecule has 0 spiro atoms. The van der Waals surface area contributed by atoms with Gasteiger partial charge in [0.1, 0.15) is 24.4 Å². The second-order valence-electron chi connectivity index (χ2n) is 8.93. The van der Waals surface area contributed by atoms with Gasteiger partial charge >= 0.3 is 5.97 Å². The van der Waals surface area contributed by atoms with Gasteiger partial charge in [0, 0.05) is 23.9 Å². The lowest BCUT2D eigenvalue weighted by molar-refractivity contribution is 0.0473. The quantitative estimate of drug-likeness (QED) is 0.285. The minimum absolute atomic E-state index is 0.134. The summed E-state index contributed by atoms with van der Waals surface area (Å²) in [5.74, 6) is 2.06. The highest BCUT2D eigenvalue weighted by Gasteiger charge is 2.28. The maximum atomic E-state index is 12.9. The smallest absolute Gasteiger partial charge is 0.340 e. The highest BCUT2D eigenvalue weighted by Crippen LogP contribution is 2.35. The lowest BCUT2D eigenvalue weighted by Crippen LogP contribution is -2.25. The number of hydrogen-bond donors (Lipinski definition) is 0. The average Bonchev–Trinajstić information content (AvgIpc) is 3.30. The van der Waals surface area contributed by atoms with Gasteiger partial charge in [-0.25, -0.2) is 9.78 Å². The van der Waals surface area contributed by atoms with Crippen molar-refractivity contribution in [2.75, 3.05) is 0 Å². The normalized spacial score (nSPS) is 17.5. The summed E-state index contributed by atoms with van der Waals surface area (Å²) in [5.41, 5.74) is 2.02. The summed E-state index contributed by atoms with van der Waals surface area (Å²) in [6.45, 7) is 2.09. The van der Waals surface area contributed by atoms with Gasteiger partial charge in [-0.15, -0.1) is 10.2 Å². The molecular formula is C28H27ClN4O3. The number of nitrogens with zero attached hydrogens (tertiary/aromatic N) is 4. The van der Waals surface area contributed by atoms with Crippen molar-refractivity contribution in [3.63, 3.8) is 0 Å². The molecule has 0 N–H and O–H groups in total. The van der Waals surface area contributed by atoms with E-state index in [1.165, 1.54) is 0 Å². The van der Waals surface area contributed by atoms with Crippen molar-refractivity contribution >= 4 is 17.6 Å². The second-order valence-corrected chi connectivity index (χ2v) is 9.33. The third kappa shape index (κ3) is 5.41. The molecule has 5 rings (SSSR count). The van der Waals surface area contributed by atoms with Gasteiger partial charge in [0.25, 0.3) is 0 Å². The molecule has 2 aromatic heterocycles. The fraction of sp³-hybridized carbons (Fsp3) is 0.286. The van der Waals surface area contributed by atoms with Crippen molar-refractivity contribution in [3.05, 3.63) is 101 Å². The van der Waals surface area contributed by atoms with Crippen molar-refractivity contribution in [3.8, 4) is 11.6 Å². The van der Waals surface area contributed by atoms with Crippen LogP contribution in [-0.4, -0.2) is 31.8 Å². The Hall–Kier alpha value is -3.71. The van der Waals surface area contributed by atoms with Crippen LogP contribution in [0.4, 0.5) is 0 Å². The van der Waals surface area contributed by atoms with Gasteiger partial charge in [0.05, 0.1) is 10.6 Å². The average molecular weight is 503 g/mol. The number of carbonyl (C=O) groups excluding carboxylic acids is 1. The number of ether oxygens (including phenoxy) is 2. The third-order valence-electron chi connectivity index (χ3n) is 6.46. The molecular weight excluding hydrogens is 476 g/mol. The molecule has 2 heterocycles. The number of aryl methyl sites for hydroxylation is 1. The van der Waals surface area contributed by atoms with E-state index in [1.54, 1.807) is 18.3 Å². The maximum Gasteiger partial charge on any atom is 0.340 e. The minimum atomic E-state index is -0.467. The van der Waals surface area contributed by atoms with E-state index in [4.69, 9.17) is 21.1 Å². The molecule has 0 atom stereocenters. The summed E-state index contributed by atoms with van der Waals surface area (Å²) >= 11 is 6.38. The number of esters is 1. The van der Waals surface area contributed by atoms with E-state index in [9.17, 15) is 4.79 Å². The molecule has 0 amide bonds. The first-order chi connectivity index (χ1) is 17.6. The first kappa shape index (κ1) is 24.0. The zero-order valence-corrected chi connectivity index (χ0v) is 20.8. The van der Waals surface area contributed by atoms with Crippen molar-refractivity contribution in [1.82, 2.24) is 19.7 Å². The molecule has 0 radical (unpaired) electrons. The monoisotopic (exact) mass is 502 g/mol. The largest absolute Gasteiger partial charge is 0.474 e. The van der Waals surface area contributed by atoms with Gasteiger partial charge in [-0.2, -0.15) is 0 Å². The molecule has 4 aromatic rings. The standard InChI is InChI=1S/C28H27ClN4O3/c1-19-31-32-27(21-10-13-23(14-11-21)36-26-9-5-6-16-30-26)33(19)22-12-15-25(29)24(17-22)28(34)35-18-20-7-3-2-4-8-20/h2-9,12,15-17,21,23H,10-11,13-14,18H2,1H3. The van der Waals surface area contributed by atoms with E-state index in [2.05, 4.69) is 15.2 Å².